The third kappa shape index (κ3) is 2.98. The summed E-state index contributed by atoms with van der Waals surface area (Å²) in [4.78, 5) is 13.5. The van der Waals surface area contributed by atoms with Crippen LogP contribution in [0.5, 0.6) is 5.88 Å². The Morgan fingerprint density at radius 1 is 1.28 bits per heavy atom. The van der Waals surface area contributed by atoms with Crippen LogP contribution in [0, 0.1) is 6.92 Å². The molecule has 1 N–H and O–H groups in total. The Morgan fingerprint density at radius 2 is 2.17 bits per heavy atom. The Hall–Kier alpha value is -3.20. The fraction of sp³-hybridized carbons (Fsp3) is 0.316. The lowest BCUT2D eigenvalue weighted by atomic mass is 10.2. The SMILES string of the molecule is CCc1ncccc1-n1nc2c(c1C)Nc1ncc3c(Cl)nn(c3n1)CCCO2. The van der Waals surface area contributed by atoms with Gasteiger partial charge in [0.1, 0.15) is 5.69 Å². The number of pyridine rings is 1. The number of nitrogens with zero attached hydrogens (tertiary/aromatic N) is 7. The lowest BCUT2D eigenvalue weighted by molar-refractivity contribution is 0.288. The number of aromatic nitrogens is 7. The first-order valence-corrected chi connectivity index (χ1v) is 9.86. The summed E-state index contributed by atoms with van der Waals surface area (Å²) < 4.78 is 9.65. The molecule has 1 aliphatic rings. The van der Waals surface area contributed by atoms with E-state index in [4.69, 9.17) is 21.4 Å². The van der Waals surface area contributed by atoms with Gasteiger partial charge in [0, 0.05) is 25.4 Å². The summed E-state index contributed by atoms with van der Waals surface area (Å²) in [5.41, 5.74) is 4.21. The predicted octanol–water partition coefficient (Wildman–Crippen LogP) is 3.46. The molecule has 0 spiro atoms. The minimum absolute atomic E-state index is 0.401. The van der Waals surface area contributed by atoms with Crippen molar-refractivity contribution < 1.29 is 4.74 Å². The van der Waals surface area contributed by atoms with Crippen molar-refractivity contribution in [3.05, 3.63) is 41.1 Å². The summed E-state index contributed by atoms with van der Waals surface area (Å²) in [5.74, 6) is 0.946. The summed E-state index contributed by atoms with van der Waals surface area (Å²) in [7, 11) is 0. The van der Waals surface area contributed by atoms with Gasteiger partial charge >= 0.3 is 0 Å². The summed E-state index contributed by atoms with van der Waals surface area (Å²) in [6, 6.07) is 3.91. The quantitative estimate of drug-likeness (QED) is 0.540. The third-order valence-electron chi connectivity index (χ3n) is 4.95. The maximum atomic E-state index is 6.22. The zero-order valence-corrected chi connectivity index (χ0v) is 16.8. The van der Waals surface area contributed by atoms with Crippen LogP contribution >= 0.6 is 11.6 Å². The molecule has 0 aliphatic carbocycles. The van der Waals surface area contributed by atoms with E-state index in [1.165, 1.54) is 0 Å². The second kappa shape index (κ2) is 7.00. The summed E-state index contributed by atoms with van der Waals surface area (Å²) in [5, 5.41) is 13.5. The van der Waals surface area contributed by atoms with Crippen molar-refractivity contribution in [2.45, 2.75) is 33.2 Å². The van der Waals surface area contributed by atoms with E-state index in [-0.39, 0.29) is 0 Å². The highest BCUT2D eigenvalue weighted by molar-refractivity contribution is 6.34. The number of anilines is 2. The number of aryl methyl sites for hydroxylation is 2. The van der Waals surface area contributed by atoms with Crippen molar-refractivity contribution >= 4 is 34.3 Å². The van der Waals surface area contributed by atoms with Crippen molar-refractivity contribution in [3.8, 4) is 11.6 Å². The molecule has 0 aromatic carbocycles. The first-order chi connectivity index (χ1) is 14.2. The molecule has 5 heterocycles. The normalized spacial score (nSPS) is 13.6. The van der Waals surface area contributed by atoms with Crippen LogP contribution in [0.2, 0.25) is 5.15 Å². The van der Waals surface area contributed by atoms with Gasteiger partial charge in [-0.15, -0.1) is 5.10 Å². The van der Waals surface area contributed by atoms with Crippen LogP contribution in [0.15, 0.2) is 24.5 Å². The lowest BCUT2D eigenvalue weighted by Gasteiger charge is -2.09. The molecule has 0 saturated carbocycles. The van der Waals surface area contributed by atoms with Crippen LogP contribution < -0.4 is 10.1 Å². The van der Waals surface area contributed by atoms with E-state index in [2.05, 4.69) is 32.3 Å². The minimum Gasteiger partial charge on any atom is -0.475 e. The summed E-state index contributed by atoms with van der Waals surface area (Å²) in [6.45, 7) is 5.18. The van der Waals surface area contributed by atoms with Crippen LogP contribution in [0.4, 0.5) is 11.6 Å². The first kappa shape index (κ1) is 17.9. The molecule has 9 nitrogen and oxygen atoms in total. The van der Waals surface area contributed by atoms with Crippen LogP contribution in [0.1, 0.15) is 24.7 Å². The average molecular weight is 411 g/mol. The number of hydrogen-bond acceptors (Lipinski definition) is 7. The lowest BCUT2D eigenvalue weighted by Crippen LogP contribution is -2.07. The fourth-order valence-electron chi connectivity index (χ4n) is 3.48. The smallest absolute Gasteiger partial charge is 0.257 e. The standard InChI is InChI=1S/C19H19ClN8O/c1-3-13-14(6-4-7-21-13)28-11(2)15-18(26-28)29-9-5-8-27-17-12(16(20)25-27)10-22-19(23-15)24-17/h4,6-7,10H,3,5,8-9H2,1-2H3,(H,22,23,24). The summed E-state index contributed by atoms with van der Waals surface area (Å²) >= 11 is 6.22. The van der Waals surface area contributed by atoms with Crippen molar-refractivity contribution in [1.29, 1.82) is 0 Å². The summed E-state index contributed by atoms with van der Waals surface area (Å²) in [6.07, 6.45) is 5.02. The molecule has 10 heteroatoms. The molecular formula is C19H19ClN8O. The zero-order chi connectivity index (χ0) is 20.0. The molecule has 2 bridgehead atoms. The van der Waals surface area contributed by atoms with Gasteiger partial charge in [-0.3, -0.25) is 4.98 Å². The van der Waals surface area contributed by atoms with Crippen LogP contribution in [0.25, 0.3) is 16.7 Å². The van der Waals surface area contributed by atoms with Gasteiger partial charge in [0.25, 0.3) is 5.88 Å². The Morgan fingerprint density at radius 3 is 3.03 bits per heavy atom. The third-order valence-corrected chi connectivity index (χ3v) is 5.23. The molecule has 4 aromatic rings. The van der Waals surface area contributed by atoms with Gasteiger partial charge in [-0.1, -0.05) is 18.5 Å². The first-order valence-electron chi connectivity index (χ1n) is 9.48. The van der Waals surface area contributed by atoms with E-state index in [0.717, 1.165) is 41.0 Å². The molecule has 0 atom stereocenters. The largest absolute Gasteiger partial charge is 0.475 e. The van der Waals surface area contributed by atoms with Gasteiger partial charge in [-0.05, 0) is 25.5 Å². The monoisotopic (exact) mass is 410 g/mol. The van der Waals surface area contributed by atoms with Gasteiger partial charge in [0.2, 0.25) is 5.95 Å². The topological polar surface area (TPSA) is 95.6 Å². The minimum atomic E-state index is 0.401. The van der Waals surface area contributed by atoms with Crippen molar-refractivity contribution in [2.24, 2.45) is 0 Å². The van der Waals surface area contributed by atoms with E-state index < -0.39 is 0 Å². The molecule has 4 aromatic heterocycles. The molecule has 0 radical (unpaired) electrons. The van der Waals surface area contributed by atoms with Gasteiger partial charge in [-0.25, -0.2) is 14.3 Å². The van der Waals surface area contributed by atoms with Crippen molar-refractivity contribution in [2.75, 3.05) is 11.9 Å². The molecule has 0 amide bonds. The highest BCUT2D eigenvalue weighted by Gasteiger charge is 2.21. The van der Waals surface area contributed by atoms with E-state index in [9.17, 15) is 0 Å². The van der Waals surface area contributed by atoms with Gasteiger partial charge < -0.3 is 10.1 Å². The highest BCUT2D eigenvalue weighted by atomic mass is 35.5. The molecular weight excluding hydrogens is 392 g/mol. The van der Waals surface area contributed by atoms with E-state index in [1.807, 2.05) is 23.7 Å². The molecule has 5 rings (SSSR count). The molecule has 0 saturated heterocycles. The van der Waals surface area contributed by atoms with E-state index in [1.54, 1.807) is 17.1 Å². The predicted molar refractivity (Wildman–Crippen MR) is 109 cm³/mol. The number of halogens is 1. The number of nitrogens with one attached hydrogen (secondary N) is 1. The van der Waals surface area contributed by atoms with Crippen molar-refractivity contribution in [1.82, 2.24) is 34.5 Å². The average Bonchev–Trinajstić information content (AvgIpc) is 3.21. The number of fused-ring (bicyclic) bond motifs is 2. The van der Waals surface area contributed by atoms with Crippen LogP contribution in [-0.4, -0.2) is 41.1 Å². The molecule has 148 valence electrons. The number of rotatable bonds is 2. The van der Waals surface area contributed by atoms with Gasteiger partial charge in [0.15, 0.2) is 10.8 Å². The van der Waals surface area contributed by atoms with Crippen LogP contribution in [0.3, 0.4) is 0 Å². The molecule has 0 unspecified atom stereocenters. The highest BCUT2D eigenvalue weighted by Crippen LogP contribution is 2.33. The number of hydrogen-bond donors (Lipinski definition) is 1. The Balaban J connectivity index is 1.64. The fourth-order valence-corrected chi connectivity index (χ4v) is 3.71. The van der Waals surface area contributed by atoms with Crippen molar-refractivity contribution in [3.63, 3.8) is 0 Å². The molecule has 29 heavy (non-hydrogen) atoms. The van der Waals surface area contributed by atoms with E-state index >= 15 is 0 Å². The molecule has 0 fully saturated rings. The Labute approximate surface area is 171 Å². The van der Waals surface area contributed by atoms with Gasteiger partial charge in [-0.2, -0.15) is 10.1 Å². The molecule has 1 aliphatic heterocycles. The Kier molecular flexibility index (Phi) is 4.31. The van der Waals surface area contributed by atoms with Gasteiger partial charge in [0.05, 0.1) is 29.1 Å². The zero-order valence-electron chi connectivity index (χ0n) is 16.1. The maximum absolute atomic E-state index is 6.22. The number of ether oxygens (including phenoxy) is 1. The second-order valence-corrected chi connectivity index (χ2v) is 7.13. The second-order valence-electron chi connectivity index (χ2n) is 6.77. The van der Waals surface area contributed by atoms with Crippen LogP contribution in [-0.2, 0) is 13.0 Å². The maximum Gasteiger partial charge on any atom is 0.257 e. The Bertz CT molecular complexity index is 1210. The van der Waals surface area contributed by atoms with E-state index in [0.29, 0.717) is 35.8 Å².